The molecule has 5 nitrogen and oxygen atoms in total. The lowest BCUT2D eigenvalue weighted by Gasteiger charge is -2.25. The van der Waals surface area contributed by atoms with Gasteiger partial charge in [0.15, 0.2) is 10.9 Å². The summed E-state index contributed by atoms with van der Waals surface area (Å²) in [6, 6.07) is 11.6. The number of nitrogens with zero attached hydrogens (tertiary/aromatic N) is 2. The van der Waals surface area contributed by atoms with E-state index in [4.69, 9.17) is 4.42 Å². The molecule has 3 heterocycles. The molecule has 6 heteroatoms. The molecule has 1 amide bonds. The van der Waals surface area contributed by atoms with Crippen molar-refractivity contribution in [3.05, 3.63) is 59.5 Å². The van der Waals surface area contributed by atoms with Crippen LogP contribution in [-0.2, 0) is 6.54 Å². The molecule has 1 saturated heterocycles. The van der Waals surface area contributed by atoms with E-state index in [2.05, 4.69) is 15.2 Å². The number of piperidine rings is 1. The van der Waals surface area contributed by atoms with Crippen molar-refractivity contribution >= 4 is 22.4 Å². The number of nitrogens with one attached hydrogen (secondary N) is 1. The summed E-state index contributed by atoms with van der Waals surface area (Å²) < 4.78 is 5.44. The van der Waals surface area contributed by atoms with E-state index < -0.39 is 0 Å². The first-order valence-corrected chi connectivity index (χ1v) is 9.78. The van der Waals surface area contributed by atoms with Crippen LogP contribution in [0.4, 0.5) is 5.13 Å². The Balaban J connectivity index is 1.44. The number of hydrogen-bond acceptors (Lipinski definition) is 5. The van der Waals surface area contributed by atoms with E-state index in [9.17, 15) is 4.79 Å². The molecule has 0 atom stereocenters. The van der Waals surface area contributed by atoms with Crippen LogP contribution in [-0.4, -0.2) is 28.9 Å². The largest absolute Gasteiger partial charge is 0.459 e. The van der Waals surface area contributed by atoms with Crippen molar-refractivity contribution in [1.29, 1.82) is 0 Å². The number of aromatic nitrogens is 1. The van der Waals surface area contributed by atoms with Gasteiger partial charge in [0.1, 0.15) is 0 Å². The summed E-state index contributed by atoms with van der Waals surface area (Å²) in [7, 11) is 0. The van der Waals surface area contributed by atoms with E-state index in [1.54, 1.807) is 6.26 Å². The Labute approximate surface area is 156 Å². The maximum atomic E-state index is 12.6. The van der Waals surface area contributed by atoms with Crippen molar-refractivity contribution in [3.8, 4) is 11.1 Å². The predicted molar refractivity (Wildman–Crippen MR) is 103 cm³/mol. The summed E-state index contributed by atoms with van der Waals surface area (Å²) in [6.07, 6.45) is 5.38. The number of amides is 1. The summed E-state index contributed by atoms with van der Waals surface area (Å²) in [5, 5.41) is 5.50. The van der Waals surface area contributed by atoms with Crippen LogP contribution in [0, 0.1) is 0 Å². The van der Waals surface area contributed by atoms with E-state index in [-0.39, 0.29) is 5.91 Å². The van der Waals surface area contributed by atoms with Crippen LogP contribution in [0.5, 0.6) is 0 Å². The molecule has 1 aliphatic heterocycles. The van der Waals surface area contributed by atoms with Gasteiger partial charge >= 0.3 is 0 Å². The fraction of sp³-hybridized carbons (Fsp3) is 0.300. The standard InChI is InChI=1S/C20H21N3O2S/c24-19(18-17(9-12-25-18)15-7-3-1-4-8-15)22-20-21-16(14-26-20)13-23-10-5-2-6-11-23/h1,3-4,7-9,12,14H,2,5-6,10-11,13H2,(H,21,22,24). The fourth-order valence-corrected chi connectivity index (χ4v) is 3.96. The Morgan fingerprint density at radius 1 is 1.15 bits per heavy atom. The molecule has 134 valence electrons. The SMILES string of the molecule is O=C(Nc1nc(CN2CCCCC2)cs1)c1occc1-c1ccccc1. The lowest BCUT2D eigenvalue weighted by molar-refractivity contribution is 0.0997. The third kappa shape index (κ3) is 3.86. The van der Waals surface area contributed by atoms with Gasteiger partial charge in [-0.05, 0) is 37.6 Å². The number of carbonyl (C=O) groups is 1. The monoisotopic (exact) mass is 367 g/mol. The average molecular weight is 367 g/mol. The van der Waals surface area contributed by atoms with E-state index in [0.29, 0.717) is 10.9 Å². The molecule has 1 N–H and O–H groups in total. The minimum Gasteiger partial charge on any atom is -0.459 e. The Bertz CT molecular complexity index is 866. The smallest absolute Gasteiger partial charge is 0.293 e. The maximum Gasteiger partial charge on any atom is 0.293 e. The van der Waals surface area contributed by atoms with Gasteiger partial charge in [-0.2, -0.15) is 0 Å². The zero-order chi connectivity index (χ0) is 17.8. The second kappa shape index (κ2) is 7.85. The highest BCUT2D eigenvalue weighted by atomic mass is 32.1. The highest BCUT2D eigenvalue weighted by molar-refractivity contribution is 7.13. The van der Waals surface area contributed by atoms with E-state index in [1.165, 1.54) is 30.6 Å². The zero-order valence-corrected chi connectivity index (χ0v) is 15.3. The molecule has 0 saturated carbocycles. The summed E-state index contributed by atoms with van der Waals surface area (Å²) in [4.78, 5) is 19.6. The number of likely N-dealkylation sites (tertiary alicyclic amines) is 1. The molecular formula is C20H21N3O2S. The van der Waals surface area contributed by atoms with E-state index in [1.807, 2.05) is 41.8 Å². The zero-order valence-electron chi connectivity index (χ0n) is 14.5. The molecule has 0 spiro atoms. The summed E-state index contributed by atoms with van der Waals surface area (Å²) in [5.74, 6) is 0.0386. The number of rotatable bonds is 5. The van der Waals surface area contributed by atoms with Gasteiger partial charge in [0.05, 0.1) is 12.0 Å². The van der Waals surface area contributed by atoms with Crippen molar-refractivity contribution in [2.45, 2.75) is 25.8 Å². The Morgan fingerprint density at radius 3 is 2.77 bits per heavy atom. The van der Waals surface area contributed by atoms with Crippen molar-refractivity contribution in [1.82, 2.24) is 9.88 Å². The third-order valence-corrected chi connectivity index (χ3v) is 5.37. The van der Waals surface area contributed by atoms with Crippen LogP contribution in [0.3, 0.4) is 0 Å². The number of benzene rings is 1. The summed E-state index contributed by atoms with van der Waals surface area (Å²) >= 11 is 1.45. The average Bonchev–Trinajstić information content (AvgIpc) is 3.33. The van der Waals surface area contributed by atoms with Crippen LogP contribution in [0.1, 0.15) is 35.5 Å². The number of thiazole rings is 1. The maximum absolute atomic E-state index is 12.6. The van der Waals surface area contributed by atoms with Gasteiger partial charge in [-0.25, -0.2) is 4.98 Å². The number of furan rings is 1. The lowest BCUT2D eigenvalue weighted by atomic mass is 10.1. The van der Waals surface area contributed by atoms with Crippen LogP contribution in [0.25, 0.3) is 11.1 Å². The Kier molecular flexibility index (Phi) is 5.13. The van der Waals surface area contributed by atoms with Gasteiger partial charge in [-0.1, -0.05) is 36.8 Å². The first-order valence-electron chi connectivity index (χ1n) is 8.90. The predicted octanol–water partition coefficient (Wildman–Crippen LogP) is 4.64. The number of carbonyl (C=O) groups excluding carboxylic acids is 1. The fourth-order valence-electron chi connectivity index (χ4n) is 3.27. The second-order valence-corrected chi connectivity index (χ2v) is 7.32. The Hall–Kier alpha value is -2.44. The van der Waals surface area contributed by atoms with Crippen LogP contribution >= 0.6 is 11.3 Å². The molecule has 1 aromatic carbocycles. The molecule has 0 aliphatic carbocycles. The molecule has 26 heavy (non-hydrogen) atoms. The normalized spacial score (nSPS) is 15.1. The van der Waals surface area contributed by atoms with Gasteiger partial charge in [0.2, 0.25) is 0 Å². The van der Waals surface area contributed by atoms with Crippen molar-refractivity contribution in [3.63, 3.8) is 0 Å². The summed E-state index contributed by atoms with van der Waals surface area (Å²) in [6.45, 7) is 3.11. The van der Waals surface area contributed by atoms with Gasteiger partial charge in [-0.3, -0.25) is 15.0 Å². The highest BCUT2D eigenvalue weighted by Crippen LogP contribution is 2.26. The molecule has 0 radical (unpaired) electrons. The number of hydrogen-bond donors (Lipinski definition) is 1. The van der Waals surface area contributed by atoms with Gasteiger partial charge in [0, 0.05) is 17.5 Å². The lowest BCUT2D eigenvalue weighted by Crippen LogP contribution is -2.29. The van der Waals surface area contributed by atoms with Crippen molar-refractivity contribution in [2.24, 2.45) is 0 Å². The minimum atomic E-state index is -0.271. The van der Waals surface area contributed by atoms with E-state index >= 15 is 0 Å². The molecule has 4 rings (SSSR count). The quantitative estimate of drug-likeness (QED) is 0.714. The van der Waals surface area contributed by atoms with E-state index in [0.717, 1.165) is 36.5 Å². The molecule has 2 aromatic heterocycles. The first kappa shape index (κ1) is 17.0. The van der Waals surface area contributed by atoms with Gasteiger partial charge in [-0.15, -0.1) is 11.3 Å². The summed E-state index contributed by atoms with van der Waals surface area (Å²) in [5.41, 5.74) is 2.75. The molecule has 0 bridgehead atoms. The molecular weight excluding hydrogens is 346 g/mol. The molecule has 3 aromatic rings. The van der Waals surface area contributed by atoms with Crippen molar-refractivity contribution in [2.75, 3.05) is 18.4 Å². The molecule has 1 aliphatic rings. The van der Waals surface area contributed by atoms with Crippen LogP contribution in [0.2, 0.25) is 0 Å². The highest BCUT2D eigenvalue weighted by Gasteiger charge is 2.18. The van der Waals surface area contributed by atoms with Crippen molar-refractivity contribution < 1.29 is 9.21 Å². The van der Waals surface area contributed by atoms with Gasteiger partial charge in [0.25, 0.3) is 5.91 Å². The van der Waals surface area contributed by atoms with Gasteiger partial charge < -0.3 is 4.42 Å². The van der Waals surface area contributed by atoms with Crippen LogP contribution < -0.4 is 5.32 Å². The topological polar surface area (TPSA) is 58.4 Å². The number of anilines is 1. The molecule has 1 fully saturated rings. The minimum absolute atomic E-state index is 0.271. The first-order chi connectivity index (χ1) is 12.8. The Morgan fingerprint density at radius 2 is 1.96 bits per heavy atom. The third-order valence-electron chi connectivity index (χ3n) is 4.56. The molecule has 0 unspecified atom stereocenters. The second-order valence-electron chi connectivity index (χ2n) is 6.46. The van der Waals surface area contributed by atoms with Crippen LogP contribution in [0.15, 0.2) is 52.5 Å².